The predicted octanol–water partition coefficient (Wildman–Crippen LogP) is 4.64. The Labute approximate surface area is 152 Å². The number of rotatable bonds is 3. The molecule has 0 N–H and O–H groups in total. The first-order valence-electron chi connectivity index (χ1n) is 7.65. The number of hydrogen-bond acceptors (Lipinski definition) is 3. The molecule has 0 atom stereocenters. The van der Waals surface area contributed by atoms with Crippen LogP contribution in [-0.4, -0.2) is 33.3 Å². The van der Waals surface area contributed by atoms with Crippen molar-refractivity contribution >= 4 is 55.3 Å². The molecule has 0 aliphatic carbocycles. The molecule has 0 amide bonds. The molecule has 1 aliphatic heterocycles. The number of benzene rings is 2. The fourth-order valence-corrected chi connectivity index (χ4v) is 6.78. The van der Waals surface area contributed by atoms with E-state index in [1.807, 2.05) is 30.0 Å². The van der Waals surface area contributed by atoms with Crippen molar-refractivity contribution in [3.63, 3.8) is 0 Å². The summed E-state index contributed by atoms with van der Waals surface area (Å²) in [4.78, 5) is 13.6. The van der Waals surface area contributed by atoms with Gasteiger partial charge in [0.25, 0.3) is 0 Å². The zero-order chi connectivity index (χ0) is 16.4. The smallest absolute Gasteiger partial charge is 0.327 e. The molecule has 0 aromatic heterocycles. The summed E-state index contributed by atoms with van der Waals surface area (Å²) in [5.74, 6) is 5.37. The van der Waals surface area contributed by atoms with Gasteiger partial charge in [-0.15, -0.1) is 0 Å². The van der Waals surface area contributed by atoms with E-state index in [1.165, 1.54) is 33.3 Å². The largest absolute Gasteiger partial charge is 0.425 e. The van der Waals surface area contributed by atoms with Gasteiger partial charge in [0.1, 0.15) is 21.6 Å². The average molecular weight is 412 g/mol. The van der Waals surface area contributed by atoms with E-state index in [4.69, 9.17) is 4.74 Å². The van der Waals surface area contributed by atoms with Gasteiger partial charge in [0.2, 0.25) is 0 Å². The van der Waals surface area contributed by atoms with Gasteiger partial charge in [-0.05, 0) is 32.0 Å². The lowest BCUT2D eigenvalue weighted by molar-refractivity contribution is -0.135. The summed E-state index contributed by atoms with van der Waals surface area (Å²) < 4.78 is 4.96. The molecule has 2 aromatic rings. The number of esters is 1. The van der Waals surface area contributed by atoms with Gasteiger partial charge in [0.15, 0.2) is 4.90 Å². The van der Waals surface area contributed by atoms with Crippen LogP contribution in [0, 0.1) is 0 Å². The molecule has 1 saturated heterocycles. The van der Waals surface area contributed by atoms with Crippen molar-refractivity contribution in [1.82, 2.24) is 0 Å². The first-order chi connectivity index (χ1) is 11.0. The van der Waals surface area contributed by atoms with Crippen LogP contribution in [0.25, 0.3) is 10.8 Å². The number of carbonyl (C=O) groups excluding carboxylic acids is 1. The third-order valence-corrected chi connectivity index (χ3v) is 7.99. The molecule has 0 spiro atoms. The Hall–Kier alpha value is -0.650. The Balaban J connectivity index is 2.00. The van der Waals surface area contributed by atoms with Gasteiger partial charge in [-0.2, -0.15) is 11.8 Å². The van der Waals surface area contributed by atoms with Gasteiger partial charge < -0.3 is 4.74 Å². The standard InChI is InChI=1S/C18H20BrO2S2/c1-18(2,19)17(20)21-15-7-8-16(23-11-9-22-10-12-23)14-6-4-3-5-13(14)15/h3-8H,9-12H2,1-2H3/q+1. The number of halogens is 1. The molecule has 122 valence electrons. The summed E-state index contributed by atoms with van der Waals surface area (Å²) >= 11 is 5.41. The van der Waals surface area contributed by atoms with Gasteiger partial charge in [-0.3, -0.25) is 4.79 Å². The van der Waals surface area contributed by atoms with Crippen molar-refractivity contribution in [2.75, 3.05) is 23.0 Å². The van der Waals surface area contributed by atoms with Gasteiger partial charge in [0, 0.05) is 33.2 Å². The van der Waals surface area contributed by atoms with Crippen LogP contribution in [0.4, 0.5) is 0 Å². The van der Waals surface area contributed by atoms with E-state index in [0.717, 1.165) is 5.39 Å². The Bertz CT molecular complexity index is 719. The highest BCUT2D eigenvalue weighted by Gasteiger charge is 2.30. The van der Waals surface area contributed by atoms with E-state index in [2.05, 4.69) is 34.1 Å². The fourth-order valence-electron chi connectivity index (χ4n) is 2.55. The number of carbonyl (C=O) groups is 1. The number of alkyl halides is 1. The molecule has 2 nitrogen and oxygen atoms in total. The lowest BCUT2D eigenvalue weighted by atomic mass is 10.1. The fraction of sp³-hybridized carbons (Fsp3) is 0.389. The molecular weight excluding hydrogens is 392 g/mol. The molecule has 3 rings (SSSR count). The second-order valence-electron chi connectivity index (χ2n) is 5.98. The summed E-state index contributed by atoms with van der Waals surface area (Å²) in [6, 6.07) is 12.4. The van der Waals surface area contributed by atoms with Gasteiger partial charge in [-0.25, -0.2) is 0 Å². The summed E-state index contributed by atoms with van der Waals surface area (Å²) in [6.45, 7) is 3.60. The van der Waals surface area contributed by atoms with E-state index in [-0.39, 0.29) is 5.97 Å². The normalized spacial score (nSPS) is 16.5. The van der Waals surface area contributed by atoms with E-state index < -0.39 is 4.32 Å². The average Bonchev–Trinajstić information content (AvgIpc) is 2.55. The molecule has 23 heavy (non-hydrogen) atoms. The summed E-state index contributed by atoms with van der Waals surface area (Å²) in [7, 11) is 0.309. The molecule has 1 heterocycles. The maximum Gasteiger partial charge on any atom is 0.327 e. The molecule has 0 saturated carbocycles. The second kappa shape index (κ2) is 7.08. The highest BCUT2D eigenvalue weighted by atomic mass is 79.9. The first-order valence-corrected chi connectivity index (χ1v) is 11.2. The molecule has 2 aromatic carbocycles. The van der Waals surface area contributed by atoms with E-state index in [0.29, 0.717) is 16.6 Å². The number of thioether (sulfide) groups is 1. The molecule has 0 bridgehead atoms. The third kappa shape index (κ3) is 3.89. The van der Waals surface area contributed by atoms with Crippen LogP contribution >= 0.6 is 27.7 Å². The molecule has 1 aliphatic rings. The van der Waals surface area contributed by atoms with E-state index in [9.17, 15) is 4.79 Å². The van der Waals surface area contributed by atoms with Crippen LogP contribution in [0.1, 0.15) is 13.8 Å². The van der Waals surface area contributed by atoms with Crippen LogP contribution in [0.15, 0.2) is 41.3 Å². The summed E-state index contributed by atoms with van der Waals surface area (Å²) in [5, 5.41) is 2.25. The SMILES string of the molecule is CC(C)(Br)C(=O)Oc1ccc([S+]2CCSCC2)c2ccccc12. The molecule has 0 unspecified atom stereocenters. The highest BCUT2D eigenvalue weighted by Crippen LogP contribution is 2.34. The minimum atomic E-state index is -0.685. The van der Waals surface area contributed by atoms with Gasteiger partial charge >= 0.3 is 5.97 Å². The maximum atomic E-state index is 12.2. The molecule has 5 heteroatoms. The summed E-state index contributed by atoms with van der Waals surface area (Å²) in [6.07, 6.45) is 0. The Morgan fingerprint density at radius 1 is 1.13 bits per heavy atom. The van der Waals surface area contributed by atoms with Crippen LogP contribution in [0.5, 0.6) is 5.75 Å². The van der Waals surface area contributed by atoms with Crippen molar-refractivity contribution in [1.29, 1.82) is 0 Å². The van der Waals surface area contributed by atoms with Gasteiger partial charge in [0.05, 0.1) is 0 Å². The number of ether oxygens (including phenoxy) is 1. The Morgan fingerprint density at radius 3 is 2.43 bits per heavy atom. The van der Waals surface area contributed by atoms with Gasteiger partial charge in [-0.1, -0.05) is 34.1 Å². The quantitative estimate of drug-likeness (QED) is 0.318. The monoisotopic (exact) mass is 411 g/mol. The highest BCUT2D eigenvalue weighted by molar-refractivity contribution is 9.10. The van der Waals surface area contributed by atoms with Crippen molar-refractivity contribution < 1.29 is 9.53 Å². The predicted molar refractivity (Wildman–Crippen MR) is 105 cm³/mol. The van der Waals surface area contributed by atoms with Crippen molar-refractivity contribution in [2.45, 2.75) is 23.1 Å². The zero-order valence-corrected chi connectivity index (χ0v) is 16.5. The van der Waals surface area contributed by atoms with Crippen LogP contribution in [-0.2, 0) is 15.7 Å². The van der Waals surface area contributed by atoms with Crippen molar-refractivity contribution in [2.24, 2.45) is 0 Å². The number of fused-ring (bicyclic) bond motifs is 1. The van der Waals surface area contributed by atoms with E-state index >= 15 is 0 Å². The van der Waals surface area contributed by atoms with Crippen LogP contribution in [0.3, 0.4) is 0 Å². The lowest BCUT2D eigenvalue weighted by Crippen LogP contribution is -2.29. The third-order valence-electron chi connectivity index (χ3n) is 3.79. The van der Waals surface area contributed by atoms with Crippen molar-refractivity contribution in [3.05, 3.63) is 36.4 Å². The lowest BCUT2D eigenvalue weighted by Gasteiger charge is -2.18. The molecule has 0 radical (unpaired) electrons. The van der Waals surface area contributed by atoms with Crippen molar-refractivity contribution in [3.8, 4) is 5.75 Å². The Kier molecular flexibility index (Phi) is 5.29. The second-order valence-corrected chi connectivity index (χ2v) is 11.4. The molecule has 1 fully saturated rings. The Morgan fingerprint density at radius 2 is 1.78 bits per heavy atom. The maximum absolute atomic E-state index is 12.2. The van der Waals surface area contributed by atoms with Crippen LogP contribution in [0.2, 0.25) is 0 Å². The van der Waals surface area contributed by atoms with E-state index in [1.54, 1.807) is 13.8 Å². The van der Waals surface area contributed by atoms with Crippen LogP contribution < -0.4 is 4.74 Å². The zero-order valence-electron chi connectivity index (χ0n) is 13.3. The first kappa shape index (κ1) is 17.2. The minimum Gasteiger partial charge on any atom is -0.425 e. The summed E-state index contributed by atoms with van der Waals surface area (Å²) in [5.41, 5.74) is 0. The minimum absolute atomic E-state index is 0.271. The number of hydrogen-bond donors (Lipinski definition) is 0. The topological polar surface area (TPSA) is 26.3 Å². The molecular formula is C18H20BrO2S2+.